The van der Waals surface area contributed by atoms with Gasteiger partial charge in [0.15, 0.2) is 5.82 Å². The quantitative estimate of drug-likeness (QED) is 0.769. The van der Waals surface area contributed by atoms with Crippen LogP contribution in [0.5, 0.6) is 0 Å². The van der Waals surface area contributed by atoms with Crippen molar-refractivity contribution in [2.75, 3.05) is 23.8 Å². The highest BCUT2D eigenvalue weighted by Crippen LogP contribution is 2.22. The molecule has 0 spiro atoms. The van der Waals surface area contributed by atoms with Crippen molar-refractivity contribution in [1.82, 2.24) is 10.2 Å². The summed E-state index contributed by atoms with van der Waals surface area (Å²) in [6.45, 7) is 5.54. The molecule has 0 unspecified atom stereocenters. The number of carbonyl (C=O) groups excluding carboxylic acids is 2. The number of carbonyl (C=O) groups is 2. The first kappa shape index (κ1) is 19.3. The van der Waals surface area contributed by atoms with E-state index in [0.29, 0.717) is 11.5 Å². The number of aromatic nitrogens is 2. The molecule has 8 nitrogen and oxygen atoms in total. The first-order valence-electron chi connectivity index (χ1n) is 8.18. The van der Waals surface area contributed by atoms with Crippen molar-refractivity contribution in [3.05, 3.63) is 42.1 Å². The summed E-state index contributed by atoms with van der Waals surface area (Å²) in [6.07, 6.45) is 0.903. The Hall–Kier alpha value is -3.03. The monoisotopic (exact) mass is 360 g/mol. The van der Waals surface area contributed by atoms with E-state index in [1.165, 1.54) is 6.20 Å². The maximum atomic E-state index is 12.0. The number of nitrogens with zero attached hydrogens (tertiary/aromatic N) is 2. The molecular weight excluding hydrogens is 336 g/mol. The summed E-state index contributed by atoms with van der Waals surface area (Å²) in [5.74, 6) is -0.0432. The average molecular weight is 360 g/mol. The average Bonchev–Trinajstić information content (AvgIpc) is 3.00. The molecule has 1 amide bonds. The maximum Gasteiger partial charge on any atom is 0.413 e. The van der Waals surface area contributed by atoms with E-state index < -0.39 is 11.7 Å². The summed E-state index contributed by atoms with van der Waals surface area (Å²) in [5, 5.41) is 9.17. The number of hydrogen-bond acceptors (Lipinski definition) is 6. The molecule has 1 aromatic carbocycles. The fourth-order valence-electron chi connectivity index (χ4n) is 2.13. The van der Waals surface area contributed by atoms with E-state index in [9.17, 15) is 9.59 Å². The zero-order valence-corrected chi connectivity index (χ0v) is 15.4. The molecule has 0 fully saturated rings. The lowest BCUT2D eigenvalue weighted by atomic mass is 10.2. The van der Waals surface area contributed by atoms with Crippen LogP contribution in [-0.2, 0) is 20.9 Å². The number of H-pyrrole nitrogens is 1. The van der Waals surface area contributed by atoms with Gasteiger partial charge in [0.1, 0.15) is 24.4 Å². The van der Waals surface area contributed by atoms with Gasteiger partial charge in [0, 0.05) is 7.05 Å². The number of benzene rings is 1. The third kappa shape index (κ3) is 6.12. The lowest BCUT2D eigenvalue weighted by Crippen LogP contribution is -2.29. The Balaban J connectivity index is 1.89. The van der Waals surface area contributed by atoms with Crippen LogP contribution in [0.1, 0.15) is 26.3 Å². The molecule has 2 N–H and O–H groups in total. The summed E-state index contributed by atoms with van der Waals surface area (Å²) < 4.78 is 10.5. The third-order valence-electron chi connectivity index (χ3n) is 3.27. The number of rotatable bonds is 6. The molecule has 140 valence electrons. The Bertz CT molecular complexity index is 737. The summed E-state index contributed by atoms with van der Waals surface area (Å²) >= 11 is 0. The number of hydrogen-bond donors (Lipinski definition) is 2. The van der Waals surface area contributed by atoms with Gasteiger partial charge in [0.25, 0.3) is 0 Å². The van der Waals surface area contributed by atoms with Crippen LogP contribution in [0.4, 0.5) is 16.3 Å². The van der Waals surface area contributed by atoms with Gasteiger partial charge in [-0.1, -0.05) is 30.3 Å². The molecule has 1 aromatic heterocycles. The van der Waals surface area contributed by atoms with Gasteiger partial charge < -0.3 is 14.4 Å². The second-order valence-electron chi connectivity index (χ2n) is 6.76. The standard InChI is InChI=1S/C18H24N4O4/c1-18(2,3)26-17(24)20-16-14(10-19-21-16)22(4)11-15(23)25-12-13-8-6-5-7-9-13/h5-10H,11-12H2,1-4H3,(H2,19,20,21,24). The van der Waals surface area contributed by atoms with E-state index in [0.717, 1.165) is 5.56 Å². The molecule has 0 radical (unpaired) electrons. The lowest BCUT2D eigenvalue weighted by Gasteiger charge is -2.21. The van der Waals surface area contributed by atoms with Gasteiger partial charge in [-0.05, 0) is 26.3 Å². The number of nitrogens with one attached hydrogen (secondary N) is 2. The minimum Gasteiger partial charge on any atom is -0.459 e. The van der Waals surface area contributed by atoms with E-state index in [2.05, 4.69) is 15.5 Å². The number of amides is 1. The SMILES string of the molecule is CN(CC(=O)OCc1ccccc1)c1cn[nH]c1NC(=O)OC(C)(C)C. The van der Waals surface area contributed by atoms with Crippen molar-refractivity contribution in [3.63, 3.8) is 0 Å². The van der Waals surface area contributed by atoms with Crippen molar-refractivity contribution in [1.29, 1.82) is 0 Å². The van der Waals surface area contributed by atoms with Gasteiger partial charge in [-0.25, -0.2) is 4.79 Å². The van der Waals surface area contributed by atoms with Gasteiger partial charge >= 0.3 is 12.1 Å². The molecule has 2 rings (SSSR count). The molecule has 0 aliphatic heterocycles. The molecule has 8 heteroatoms. The second kappa shape index (κ2) is 8.37. The molecule has 0 saturated heterocycles. The Morgan fingerprint density at radius 2 is 1.92 bits per heavy atom. The Kier molecular flexibility index (Phi) is 6.21. The largest absolute Gasteiger partial charge is 0.459 e. The molecule has 0 bridgehead atoms. The van der Waals surface area contributed by atoms with Gasteiger partial charge in [0.2, 0.25) is 0 Å². The Morgan fingerprint density at radius 1 is 1.23 bits per heavy atom. The van der Waals surface area contributed by atoms with Gasteiger partial charge in [-0.3, -0.25) is 15.2 Å². The van der Waals surface area contributed by atoms with Crippen LogP contribution >= 0.6 is 0 Å². The van der Waals surface area contributed by atoms with E-state index in [4.69, 9.17) is 9.47 Å². The van der Waals surface area contributed by atoms with E-state index in [1.807, 2.05) is 30.3 Å². The molecule has 0 atom stereocenters. The summed E-state index contributed by atoms with van der Waals surface area (Å²) in [5.41, 5.74) is 0.851. The normalized spacial score (nSPS) is 10.9. The predicted molar refractivity (Wildman–Crippen MR) is 98.0 cm³/mol. The fourth-order valence-corrected chi connectivity index (χ4v) is 2.13. The highest BCUT2D eigenvalue weighted by Gasteiger charge is 2.20. The molecule has 2 aromatic rings. The van der Waals surface area contributed by atoms with Crippen molar-refractivity contribution in [2.24, 2.45) is 0 Å². The van der Waals surface area contributed by atoms with Gasteiger partial charge in [-0.2, -0.15) is 5.10 Å². The van der Waals surface area contributed by atoms with Crippen LogP contribution < -0.4 is 10.2 Å². The van der Waals surface area contributed by atoms with Gasteiger partial charge in [-0.15, -0.1) is 0 Å². The third-order valence-corrected chi connectivity index (χ3v) is 3.27. The molecular formula is C18H24N4O4. The molecule has 0 aliphatic carbocycles. The first-order valence-corrected chi connectivity index (χ1v) is 8.18. The lowest BCUT2D eigenvalue weighted by molar-refractivity contribution is -0.143. The molecule has 0 saturated carbocycles. The highest BCUT2D eigenvalue weighted by molar-refractivity contribution is 5.88. The number of anilines is 2. The first-order chi connectivity index (χ1) is 12.2. The van der Waals surface area contributed by atoms with Gasteiger partial charge in [0.05, 0.1) is 6.20 Å². The van der Waals surface area contributed by atoms with Crippen LogP contribution in [0.2, 0.25) is 0 Å². The van der Waals surface area contributed by atoms with Crippen LogP contribution in [0.3, 0.4) is 0 Å². The zero-order chi connectivity index (χ0) is 19.2. The van der Waals surface area contributed by atoms with Crippen molar-refractivity contribution >= 4 is 23.6 Å². The van der Waals surface area contributed by atoms with Crippen LogP contribution in [-0.4, -0.2) is 41.5 Å². The minimum atomic E-state index is -0.614. The van der Waals surface area contributed by atoms with E-state index in [-0.39, 0.29) is 19.1 Å². The van der Waals surface area contributed by atoms with Crippen molar-refractivity contribution < 1.29 is 19.1 Å². The topological polar surface area (TPSA) is 96.5 Å². The summed E-state index contributed by atoms with van der Waals surface area (Å²) in [4.78, 5) is 25.6. The van der Waals surface area contributed by atoms with E-state index >= 15 is 0 Å². The smallest absolute Gasteiger partial charge is 0.413 e. The van der Waals surface area contributed by atoms with Crippen LogP contribution in [0, 0.1) is 0 Å². The van der Waals surface area contributed by atoms with Crippen molar-refractivity contribution in [2.45, 2.75) is 33.0 Å². The second-order valence-corrected chi connectivity index (χ2v) is 6.76. The summed E-state index contributed by atoms with van der Waals surface area (Å²) in [7, 11) is 1.70. The van der Waals surface area contributed by atoms with Crippen LogP contribution in [0.25, 0.3) is 0 Å². The number of esters is 1. The molecule has 26 heavy (non-hydrogen) atoms. The zero-order valence-electron chi connectivity index (χ0n) is 15.4. The predicted octanol–water partition coefficient (Wildman–Crippen LogP) is 2.94. The maximum absolute atomic E-state index is 12.0. The minimum absolute atomic E-state index is 0.00929. The Labute approximate surface area is 152 Å². The molecule has 1 heterocycles. The number of aromatic amines is 1. The van der Waals surface area contributed by atoms with E-state index in [1.54, 1.807) is 32.7 Å². The fraction of sp³-hybridized carbons (Fsp3) is 0.389. The number of likely N-dealkylation sites (N-methyl/N-ethyl adjacent to an activating group) is 1. The van der Waals surface area contributed by atoms with Crippen LogP contribution in [0.15, 0.2) is 36.5 Å². The summed E-state index contributed by atoms with van der Waals surface area (Å²) in [6, 6.07) is 9.44. The van der Waals surface area contributed by atoms with Crippen molar-refractivity contribution in [3.8, 4) is 0 Å². The highest BCUT2D eigenvalue weighted by atomic mass is 16.6. The number of ether oxygens (including phenoxy) is 2. The Morgan fingerprint density at radius 3 is 2.58 bits per heavy atom. The molecule has 0 aliphatic rings.